The molecule has 1 N–H and O–H groups in total. The molecule has 2 heterocycles. The highest BCUT2D eigenvalue weighted by Crippen LogP contribution is 2.28. The van der Waals surface area contributed by atoms with Gasteiger partial charge in [0.25, 0.3) is 0 Å². The van der Waals surface area contributed by atoms with Gasteiger partial charge in [0, 0.05) is 30.9 Å². The van der Waals surface area contributed by atoms with E-state index in [0.29, 0.717) is 0 Å². The first kappa shape index (κ1) is 8.85. The lowest BCUT2D eigenvalue weighted by Gasteiger charge is -2.40. The summed E-state index contributed by atoms with van der Waals surface area (Å²) < 4.78 is 0. The number of nitrogens with one attached hydrogen (secondary N) is 1. The smallest absolute Gasteiger partial charge is 0.0345 e. The summed E-state index contributed by atoms with van der Waals surface area (Å²) in [6.45, 7) is 4.78. The summed E-state index contributed by atoms with van der Waals surface area (Å²) >= 11 is 2.11. The van der Waals surface area contributed by atoms with Crippen molar-refractivity contribution in [2.24, 2.45) is 5.92 Å². The number of rotatable bonds is 2. The molecule has 12 heavy (non-hydrogen) atoms. The van der Waals surface area contributed by atoms with E-state index in [4.69, 9.17) is 0 Å². The normalized spacial score (nSPS) is 37.2. The van der Waals surface area contributed by atoms with Crippen LogP contribution in [0.25, 0.3) is 0 Å². The van der Waals surface area contributed by atoms with Gasteiger partial charge < -0.3 is 5.32 Å². The molecule has 70 valence electrons. The highest BCUT2D eigenvalue weighted by Gasteiger charge is 2.33. The summed E-state index contributed by atoms with van der Waals surface area (Å²) in [5.41, 5.74) is 0. The number of likely N-dealkylation sites (N-methyl/N-ethyl adjacent to an activating group) is 1. The Morgan fingerprint density at radius 3 is 2.50 bits per heavy atom. The topological polar surface area (TPSA) is 15.3 Å². The Morgan fingerprint density at radius 2 is 2.08 bits per heavy atom. The van der Waals surface area contributed by atoms with Crippen LogP contribution in [0.15, 0.2) is 0 Å². The second-order valence-electron chi connectivity index (χ2n) is 4.06. The van der Waals surface area contributed by atoms with E-state index in [1.165, 1.54) is 24.6 Å². The Morgan fingerprint density at radius 1 is 1.33 bits per heavy atom. The summed E-state index contributed by atoms with van der Waals surface area (Å²) in [4.78, 5) is 2.58. The van der Waals surface area contributed by atoms with Gasteiger partial charge >= 0.3 is 0 Å². The van der Waals surface area contributed by atoms with Gasteiger partial charge in [-0.25, -0.2) is 0 Å². The van der Waals surface area contributed by atoms with Gasteiger partial charge in [0.15, 0.2) is 0 Å². The van der Waals surface area contributed by atoms with Crippen LogP contribution in [-0.2, 0) is 0 Å². The van der Waals surface area contributed by atoms with Crippen molar-refractivity contribution in [3.8, 4) is 0 Å². The zero-order chi connectivity index (χ0) is 8.55. The lowest BCUT2D eigenvalue weighted by atomic mass is 10.0. The number of thioether (sulfide) groups is 1. The van der Waals surface area contributed by atoms with Gasteiger partial charge in [0.2, 0.25) is 0 Å². The number of nitrogens with zero attached hydrogens (tertiary/aromatic N) is 1. The Hall–Kier alpha value is 0.270. The molecule has 0 aromatic heterocycles. The van der Waals surface area contributed by atoms with E-state index in [9.17, 15) is 0 Å². The van der Waals surface area contributed by atoms with Gasteiger partial charge in [-0.15, -0.1) is 0 Å². The molecule has 3 heteroatoms. The van der Waals surface area contributed by atoms with Crippen molar-refractivity contribution >= 4 is 11.8 Å². The minimum Gasteiger partial charge on any atom is -0.314 e. The highest BCUT2D eigenvalue weighted by atomic mass is 32.2. The predicted octanol–water partition coefficient (Wildman–Crippen LogP) is 0.641. The average Bonchev–Trinajstić information content (AvgIpc) is 2.31. The van der Waals surface area contributed by atoms with Gasteiger partial charge in [-0.2, -0.15) is 11.8 Å². The standard InChI is InChI=1S/C9H18N2S/c1-7-5-12-6-9(7)11(2)8-3-10-4-8/h7-10H,3-6H2,1-2H3. The van der Waals surface area contributed by atoms with Crippen LogP contribution in [0.3, 0.4) is 0 Å². The van der Waals surface area contributed by atoms with Crippen molar-refractivity contribution in [1.29, 1.82) is 0 Å². The summed E-state index contributed by atoms with van der Waals surface area (Å²) in [5, 5.41) is 3.33. The van der Waals surface area contributed by atoms with Gasteiger partial charge in [-0.05, 0) is 18.7 Å². The van der Waals surface area contributed by atoms with Crippen molar-refractivity contribution in [2.75, 3.05) is 31.6 Å². The molecule has 0 saturated carbocycles. The second-order valence-corrected chi connectivity index (χ2v) is 5.13. The van der Waals surface area contributed by atoms with E-state index < -0.39 is 0 Å². The summed E-state index contributed by atoms with van der Waals surface area (Å²) in [6, 6.07) is 1.65. The van der Waals surface area contributed by atoms with Crippen LogP contribution in [0.2, 0.25) is 0 Å². The molecule has 0 aromatic rings. The van der Waals surface area contributed by atoms with Gasteiger partial charge in [-0.1, -0.05) is 6.92 Å². The largest absolute Gasteiger partial charge is 0.314 e. The van der Waals surface area contributed by atoms with Crippen molar-refractivity contribution in [2.45, 2.75) is 19.0 Å². The zero-order valence-electron chi connectivity index (χ0n) is 7.92. The number of hydrogen-bond donors (Lipinski definition) is 1. The molecule has 2 fully saturated rings. The minimum absolute atomic E-state index is 0.816. The molecule has 2 saturated heterocycles. The quantitative estimate of drug-likeness (QED) is 0.681. The molecule has 2 aliphatic rings. The third kappa shape index (κ3) is 1.50. The van der Waals surface area contributed by atoms with Crippen LogP contribution in [0.5, 0.6) is 0 Å². The lowest BCUT2D eigenvalue weighted by molar-refractivity contribution is 0.118. The molecular formula is C9H18N2S. The molecule has 2 aliphatic heterocycles. The van der Waals surface area contributed by atoms with Gasteiger partial charge in [0.05, 0.1) is 0 Å². The van der Waals surface area contributed by atoms with E-state index >= 15 is 0 Å². The third-order valence-corrected chi connectivity index (χ3v) is 4.52. The van der Waals surface area contributed by atoms with Crippen LogP contribution in [-0.4, -0.2) is 48.6 Å². The van der Waals surface area contributed by atoms with Crippen LogP contribution in [0, 0.1) is 5.92 Å². The van der Waals surface area contributed by atoms with Crippen molar-refractivity contribution in [3.63, 3.8) is 0 Å². The number of hydrogen-bond acceptors (Lipinski definition) is 3. The lowest BCUT2D eigenvalue weighted by Crippen LogP contribution is -2.59. The Bertz CT molecular complexity index is 159. The fourth-order valence-corrected chi connectivity index (χ4v) is 3.54. The van der Waals surface area contributed by atoms with Crippen LogP contribution in [0.1, 0.15) is 6.92 Å². The summed E-state index contributed by atoms with van der Waals surface area (Å²) in [6.07, 6.45) is 0. The van der Waals surface area contributed by atoms with Crippen LogP contribution >= 0.6 is 11.8 Å². The van der Waals surface area contributed by atoms with Crippen molar-refractivity contribution in [1.82, 2.24) is 10.2 Å². The first-order valence-corrected chi connectivity index (χ1v) is 5.95. The fourth-order valence-electron chi connectivity index (χ4n) is 2.00. The maximum absolute atomic E-state index is 3.33. The SMILES string of the molecule is CC1CSCC1N(C)C1CNC1. The molecule has 2 nitrogen and oxygen atoms in total. The van der Waals surface area contributed by atoms with E-state index in [1.54, 1.807) is 0 Å². The Balaban J connectivity index is 1.89. The average molecular weight is 186 g/mol. The highest BCUT2D eigenvalue weighted by molar-refractivity contribution is 7.99. The maximum atomic E-state index is 3.33. The molecular weight excluding hydrogens is 168 g/mol. The van der Waals surface area contributed by atoms with Crippen molar-refractivity contribution < 1.29 is 0 Å². The maximum Gasteiger partial charge on any atom is 0.0345 e. The molecule has 0 spiro atoms. The van der Waals surface area contributed by atoms with E-state index in [1.807, 2.05) is 0 Å². The molecule has 0 bridgehead atoms. The Kier molecular flexibility index (Phi) is 2.63. The van der Waals surface area contributed by atoms with E-state index in [0.717, 1.165) is 18.0 Å². The minimum atomic E-state index is 0.816. The fraction of sp³-hybridized carbons (Fsp3) is 1.00. The van der Waals surface area contributed by atoms with Crippen LogP contribution < -0.4 is 5.32 Å². The first-order chi connectivity index (χ1) is 5.79. The second kappa shape index (κ2) is 3.56. The molecule has 0 aromatic carbocycles. The third-order valence-electron chi connectivity index (χ3n) is 3.19. The van der Waals surface area contributed by atoms with Gasteiger partial charge in [0.1, 0.15) is 0 Å². The van der Waals surface area contributed by atoms with Gasteiger partial charge in [-0.3, -0.25) is 4.90 Å². The summed E-state index contributed by atoms with van der Waals surface area (Å²) in [5.74, 6) is 3.59. The molecule has 2 unspecified atom stereocenters. The molecule has 2 atom stereocenters. The molecule has 2 rings (SSSR count). The van der Waals surface area contributed by atoms with Crippen LogP contribution in [0.4, 0.5) is 0 Å². The van der Waals surface area contributed by atoms with E-state index in [-0.39, 0.29) is 0 Å². The molecule has 0 amide bonds. The molecule has 0 radical (unpaired) electrons. The van der Waals surface area contributed by atoms with Crippen molar-refractivity contribution in [3.05, 3.63) is 0 Å². The zero-order valence-corrected chi connectivity index (χ0v) is 8.73. The molecule has 0 aliphatic carbocycles. The Labute approximate surface area is 79.1 Å². The predicted molar refractivity (Wildman–Crippen MR) is 54.7 cm³/mol. The first-order valence-electron chi connectivity index (χ1n) is 4.79. The van der Waals surface area contributed by atoms with E-state index in [2.05, 4.69) is 35.9 Å². The monoisotopic (exact) mass is 186 g/mol. The summed E-state index contributed by atoms with van der Waals surface area (Å²) in [7, 11) is 2.29.